The van der Waals surface area contributed by atoms with Crippen molar-refractivity contribution in [2.45, 2.75) is 64.6 Å². The van der Waals surface area contributed by atoms with Gasteiger partial charge in [0.2, 0.25) is 0 Å². The largest absolute Gasteiger partial charge is 0.464 e. The third kappa shape index (κ3) is 4.31. The lowest BCUT2D eigenvalue weighted by atomic mass is 9.89. The van der Waals surface area contributed by atoms with Crippen LogP contribution in [0.1, 0.15) is 63.2 Å². The lowest BCUT2D eigenvalue weighted by molar-refractivity contribution is -0.162. The number of carbonyl (C=O) groups excluding carboxylic acids is 1. The predicted molar refractivity (Wildman–Crippen MR) is 83.2 cm³/mol. The summed E-state index contributed by atoms with van der Waals surface area (Å²) in [7, 11) is 0. The van der Waals surface area contributed by atoms with Crippen molar-refractivity contribution in [2.24, 2.45) is 0 Å². The lowest BCUT2D eigenvalue weighted by Gasteiger charge is -2.29. The first-order valence-corrected chi connectivity index (χ1v) is 8.16. The van der Waals surface area contributed by atoms with Gasteiger partial charge >= 0.3 is 5.97 Å². The Balaban J connectivity index is 2.07. The average molecular weight is 290 g/mol. The molecule has 0 bridgehead atoms. The minimum Gasteiger partial charge on any atom is -0.464 e. The molecule has 1 aromatic carbocycles. The lowest BCUT2D eigenvalue weighted by Crippen LogP contribution is -2.29. The Morgan fingerprint density at radius 1 is 1.33 bits per heavy atom. The molecule has 0 aliphatic heterocycles. The number of hydrogen-bond donors (Lipinski definition) is 0. The number of aryl methyl sites for hydroxylation is 1. The number of hydrogen-bond acceptors (Lipinski definition) is 3. The maximum atomic E-state index is 12.1. The Bertz CT molecular complexity index is 456. The van der Waals surface area contributed by atoms with E-state index in [4.69, 9.17) is 9.47 Å². The molecular weight excluding hydrogens is 264 g/mol. The number of rotatable bonds is 7. The smallest absolute Gasteiger partial charge is 0.335 e. The van der Waals surface area contributed by atoms with Gasteiger partial charge in [-0.3, -0.25) is 0 Å². The highest BCUT2D eigenvalue weighted by Gasteiger charge is 2.28. The maximum Gasteiger partial charge on any atom is 0.335 e. The fourth-order valence-electron chi connectivity index (χ4n) is 2.92. The Hall–Kier alpha value is -1.35. The van der Waals surface area contributed by atoms with Gasteiger partial charge in [0.05, 0.1) is 12.7 Å². The van der Waals surface area contributed by atoms with E-state index in [1.807, 2.05) is 13.0 Å². The molecule has 0 heterocycles. The first-order valence-electron chi connectivity index (χ1n) is 8.16. The summed E-state index contributed by atoms with van der Waals surface area (Å²) in [4.78, 5) is 12.1. The van der Waals surface area contributed by atoms with E-state index >= 15 is 0 Å². The second kappa shape index (κ2) is 8.18. The SMILES string of the molecule is CCCCC(OC1CCCc2ccccc21)C(=O)OCC. The Morgan fingerprint density at radius 2 is 2.14 bits per heavy atom. The normalized spacial score (nSPS) is 18.9. The van der Waals surface area contributed by atoms with Gasteiger partial charge in [-0.2, -0.15) is 0 Å². The number of esters is 1. The minimum atomic E-state index is -0.430. The van der Waals surface area contributed by atoms with Crippen LogP contribution in [0.4, 0.5) is 0 Å². The summed E-state index contributed by atoms with van der Waals surface area (Å²) in [6.45, 7) is 4.37. The van der Waals surface area contributed by atoms with Crippen molar-refractivity contribution in [3.63, 3.8) is 0 Å². The van der Waals surface area contributed by atoms with E-state index in [1.54, 1.807) is 0 Å². The van der Waals surface area contributed by atoms with Crippen LogP contribution < -0.4 is 0 Å². The second-order valence-corrected chi connectivity index (χ2v) is 5.60. The summed E-state index contributed by atoms with van der Waals surface area (Å²) in [5.74, 6) is -0.214. The second-order valence-electron chi connectivity index (χ2n) is 5.60. The molecule has 3 heteroatoms. The van der Waals surface area contributed by atoms with Crippen molar-refractivity contribution in [1.82, 2.24) is 0 Å². The van der Waals surface area contributed by atoms with Gasteiger partial charge in [0.1, 0.15) is 0 Å². The first-order chi connectivity index (χ1) is 10.3. The quantitative estimate of drug-likeness (QED) is 0.706. The van der Waals surface area contributed by atoms with Crippen molar-refractivity contribution in [2.75, 3.05) is 6.61 Å². The van der Waals surface area contributed by atoms with E-state index in [-0.39, 0.29) is 12.1 Å². The van der Waals surface area contributed by atoms with E-state index in [9.17, 15) is 4.79 Å². The van der Waals surface area contributed by atoms with E-state index in [0.717, 1.165) is 38.5 Å². The molecular formula is C18H26O3. The van der Waals surface area contributed by atoms with E-state index in [1.165, 1.54) is 11.1 Å². The maximum absolute atomic E-state index is 12.1. The molecule has 0 spiro atoms. The molecule has 0 N–H and O–H groups in total. The molecule has 0 fully saturated rings. The monoisotopic (exact) mass is 290 g/mol. The van der Waals surface area contributed by atoms with Crippen molar-refractivity contribution < 1.29 is 14.3 Å². The summed E-state index contributed by atoms with van der Waals surface area (Å²) in [5, 5.41) is 0. The zero-order chi connectivity index (χ0) is 15.1. The summed E-state index contributed by atoms with van der Waals surface area (Å²) < 4.78 is 11.3. The van der Waals surface area contributed by atoms with E-state index in [0.29, 0.717) is 6.61 Å². The summed E-state index contributed by atoms with van der Waals surface area (Å²) in [6, 6.07) is 8.41. The molecule has 2 atom stereocenters. The van der Waals surface area contributed by atoms with Crippen LogP contribution in [0.5, 0.6) is 0 Å². The van der Waals surface area contributed by atoms with E-state index < -0.39 is 6.10 Å². The fraction of sp³-hybridized carbons (Fsp3) is 0.611. The molecule has 2 rings (SSSR count). The summed E-state index contributed by atoms with van der Waals surface area (Å²) >= 11 is 0. The van der Waals surface area contributed by atoms with Gasteiger partial charge in [-0.15, -0.1) is 0 Å². The number of fused-ring (bicyclic) bond motifs is 1. The van der Waals surface area contributed by atoms with Crippen LogP contribution in [0.15, 0.2) is 24.3 Å². The van der Waals surface area contributed by atoms with Gasteiger partial charge in [0, 0.05) is 0 Å². The van der Waals surface area contributed by atoms with Crippen LogP contribution in [0.3, 0.4) is 0 Å². The number of ether oxygens (including phenoxy) is 2. The number of unbranched alkanes of at least 4 members (excludes halogenated alkanes) is 1. The van der Waals surface area contributed by atoms with E-state index in [2.05, 4.69) is 25.1 Å². The highest BCUT2D eigenvalue weighted by molar-refractivity contribution is 5.74. The molecule has 21 heavy (non-hydrogen) atoms. The van der Waals surface area contributed by atoms with Crippen LogP contribution in [0.2, 0.25) is 0 Å². The molecule has 0 aromatic heterocycles. The highest BCUT2D eigenvalue weighted by atomic mass is 16.6. The summed E-state index contributed by atoms with van der Waals surface area (Å²) in [5.41, 5.74) is 2.60. The molecule has 1 aromatic rings. The molecule has 0 saturated carbocycles. The van der Waals surface area contributed by atoms with Crippen molar-refractivity contribution >= 4 is 5.97 Å². The Kier molecular flexibility index (Phi) is 6.24. The molecule has 2 unspecified atom stereocenters. The molecule has 116 valence electrons. The van der Waals surface area contributed by atoms with Gasteiger partial charge < -0.3 is 9.47 Å². The van der Waals surface area contributed by atoms with Crippen LogP contribution in [0.25, 0.3) is 0 Å². The minimum absolute atomic E-state index is 0.0289. The molecule has 0 radical (unpaired) electrons. The number of carbonyl (C=O) groups is 1. The van der Waals surface area contributed by atoms with Crippen LogP contribution in [0, 0.1) is 0 Å². The number of benzene rings is 1. The van der Waals surface area contributed by atoms with Gasteiger partial charge in [0.15, 0.2) is 6.10 Å². The molecule has 0 amide bonds. The average Bonchev–Trinajstić information content (AvgIpc) is 2.51. The third-order valence-corrected chi connectivity index (χ3v) is 4.01. The van der Waals surface area contributed by atoms with Gasteiger partial charge in [-0.05, 0) is 43.7 Å². The topological polar surface area (TPSA) is 35.5 Å². The molecule has 3 nitrogen and oxygen atoms in total. The van der Waals surface area contributed by atoms with Crippen LogP contribution in [-0.4, -0.2) is 18.7 Å². The molecule has 0 saturated heterocycles. The van der Waals surface area contributed by atoms with Crippen LogP contribution >= 0.6 is 0 Å². The first kappa shape index (κ1) is 16.0. The Morgan fingerprint density at radius 3 is 2.90 bits per heavy atom. The fourth-order valence-corrected chi connectivity index (χ4v) is 2.92. The summed E-state index contributed by atoms with van der Waals surface area (Å²) in [6.07, 6.45) is 5.59. The third-order valence-electron chi connectivity index (χ3n) is 4.01. The highest BCUT2D eigenvalue weighted by Crippen LogP contribution is 2.34. The molecule has 1 aliphatic rings. The van der Waals surface area contributed by atoms with Crippen LogP contribution in [-0.2, 0) is 20.7 Å². The van der Waals surface area contributed by atoms with Gasteiger partial charge in [0.25, 0.3) is 0 Å². The van der Waals surface area contributed by atoms with Crippen molar-refractivity contribution in [3.05, 3.63) is 35.4 Å². The van der Waals surface area contributed by atoms with Crippen molar-refractivity contribution in [3.8, 4) is 0 Å². The Labute approximate surface area is 127 Å². The predicted octanol–water partition coefficient (Wildman–Crippen LogP) is 4.20. The molecule has 1 aliphatic carbocycles. The zero-order valence-corrected chi connectivity index (χ0v) is 13.1. The van der Waals surface area contributed by atoms with Gasteiger partial charge in [-0.25, -0.2) is 4.79 Å². The zero-order valence-electron chi connectivity index (χ0n) is 13.1. The van der Waals surface area contributed by atoms with Crippen molar-refractivity contribution in [1.29, 1.82) is 0 Å². The standard InChI is InChI=1S/C18H26O3/c1-3-5-12-17(18(19)20-4-2)21-16-13-8-10-14-9-6-7-11-15(14)16/h6-7,9,11,16-17H,3-5,8,10,12-13H2,1-2H3. The van der Waals surface area contributed by atoms with Gasteiger partial charge in [-0.1, -0.05) is 44.0 Å².